The monoisotopic (exact) mass is 216 g/mol. The van der Waals surface area contributed by atoms with Gasteiger partial charge in [0.25, 0.3) is 0 Å². The zero-order chi connectivity index (χ0) is 11.4. The summed E-state index contributed by atoms with van der Waals surface area (Å²) >= 11 is 0. The molecule has 2 aromatic rings. The highest BCUT2D eigenvalue weighted by atomic mass is 16.5. The minimum Gasteiger partial charge on any atom is -0.436 e. The lowest BCUT2D eigenvalue weighted by atomic mass is 10.4. The number of aryl methyl sites for hydroxylation is 1. The molecule has 0 spiro atoms. The number of nitrogens with one attached hydrogen (secondary N) is 1. The van der Waals surface area contributed by atoms with Crippen molar-refractivity contribution >= 4 is 5.82 Å². The number of pyridine rings is 1. The fourth-order valence-electron chi connectivity index (χ4n) is 1.15. The van der Waals surface area contributed by atoms with Crippen LogP contribution in [0.5, 0.6) is 11.6 Å². The zero-order valence-corrected chi connectivity index (χ0v) is 9.14. The Kier molecular flexibility index (Phi) is 2.95. The van der Waals surface area contributed by atoms with Crippen LogP contribution in [0.2, 0.25) is 0 Å². The molecule has 0 radical (unpaired) electrons. The topological polar surface area (TPSA) is 59.9 Å². The van der Waals surface area contributed by atoms with E-state index in [0.717, 1.165) is 5.69 Å². The van der Waals surface area contributed by atoms with Gasteiger partial charge in [-0.05, 0) is 19.1 Å². The number of nitrogens with zero attached hydrogens (tertiary/aromatic N) is 3. The third-order valence-corrected chi connectivity index (χ3v) is 1.98. The molecule has 0 aliphatic carbocycles. The highest BCUT2D eigenvalue weighted by molar-refractivity contribution is 5.33. The van der Waals surface area contributed by atoms with Crippen LogP contribution in [0.3, 0.4) is 0 Å². The minimum atomic E-state index is 0.442. The fourth-order valence-corrected chi connectivity index (χ4v) is 1.15. The molecule has 16 heavy (non-hydrogen) atoms. The van der Waals surface area contributed by atoms with E-state index in [0.29, 0.717) is 17.4 Å². The Morgan fingerprint density at radius 3 is 2.75 bits per heavy atom. The Balaban J connectivity index is 2.16. The average Bonchev–Trinajstić information content (AvgIpc) is 2.32. The van der Waals surface area contributed by atoms with Crippen LogP contribution in [0.15, 0.2) is 30.7 Å². The SMILES string of the molecule is CNc1cncc(Oc2ccc(C)nc2)n1. The summed E-state index contributed by atoms with van der Waals surface area (Å²) in [7, 11) is 1.78. The van der Waals surface area contributed by atoms with Crippen LogP contribution < -0.4 is 10.1 Å². The second-order valence-electron chi connectivity index (χ2n) is 3.23. The van der Waals surface area contributed by atoms with Gasteiger partial charge in [-0.25, -0.2) is 0 Å². The van der Waals surface area contributed by atoms with Crippen LogP contribution in [-0.2, 0) is 0 Å². The van der Waals surface area contributed by atoms with Gasteiger partial charge in [0, 0.05) is 12.7 Å². The molecule has 0 saturated carbocycles. The second-order valence-corrected chi connectivity index (χ2v) is 3.23. The molecule has 0 amide bonds. The van der Waals surface area contributed by atoms with Crippen LogP contribution in [0.4, 0.5) is 5.82 Å². The van der Waals surface area contributed by atoms with E-state index in [9.17, 15) is 0 Å². The molecule has 0 unspecified atom stereocenters. The quantitative estimate of drug-likeness (QED) is 0.850. The first-order valence-electron chi connectivity index (χ1n) is 4.88. The molecule has 1 N–H and O–H groups in total. The molecule has 0 atom stereocenters. The van der Waals surface area contributed by atoms with E-state index in [1.54, 1.807) is 25.6 Å². The van der Waals surface area contributed by atoms with E-state index in [4.69, 9.17) is 4.74 Å². The summed E-state index contributed by atoms with van der Waals surface area (Å²) in [4.78, 5) is 12.3. The molecular weight excluding hydrogens is 204 g/mol. The molecule has 2 heterocycles. The molecule has 2 aromatic heterocycles. The number of ether oxygens (including phenoxy) is 1. The molecular formula is C11H12N4O. The third-order valence-electron chi connectivity index (χ3n) is 1.98. The maximum absolute atomic E-state index is 5.50. The van der Waals surface area contributed by atoms with Crippen molar-refractivity contribution in [1.29, 1.82) is 0 Å². The molecule has 2 rings (SSSR count). The predicted octanol–water partition coefficient (Wildman–Crippen LogP) is 2.01. The standard InChI is InChI=1S/C11H12N4O/c1-8-3-4-9(5-14-8)16-11-7-13-6-10(12-2)15-11/h3-7H,1-2H3,(H,12,15). The van der Waals surface area contributed by atoms with Gasteiger partial charge in [-0.1, -0.05) is 0 Å². The van der Waals surface area contributed by atoms with E-state index in [2.05, 4.69) is 20.3 Å². The number of aromatic nitrogens is 3. The van der Waals surface area contributed by atoms with Gasteiger partial charge in [0.2, 0.25) is 5.88 Å². The lowest BCUT2D eigenvalue weighted by molar-refractivity contribution is 0.458. The van der Waals surface area contributed by atoms with Crippen molar-refractivity contribution in [1.82, 2.24) is 15.0 Å². The lowest BCUT2D eigenvalue weighted by Crippen LogP contribution is -1.96. The van der Waals surface area contributed by atoms with Gasteiger partial charge in [-0.3, -0.25) is 9.97 Å². The van der Waals surface area contributed by atoms with Crippen LogP contribution in [0.25, 0.3) is 0 Å². The highest BCUT2D eigenvalue weighted by Gasteiger charge is 2.00. The normalized spacial score (nSPS) is 9.88. The Morgan fingerprint density at radius 2 is 2.06 bits per heavy atom. The number of hydrogen-bond donors (Lipinski definition) is 1. The zero-order valence-electron chi connectivity index (χ0n) is 9.14. The van der Waals surface area contributed by atoms with Crippen molar-refractivity contribution in [2.75, 3.05) is 12.4 Å². The summed E-state index contributed by atoms with van der Waals surface area (Å²) in [5.74, 6) is 1.75. The van der Waals surface area contributed by atoms with Crippen LogP contribution in [0.1, 0.15) is 5.69 Å². The second kappa shape index (κ2) is 4.57. The van der Waals surface area contributed by atoms with E-state index >= 15 is 0 Å². The van der Waals surface area contributed by atoms with E-state index < -0.39 is 0 Å². The fraction of sp³-hybridized carbons (Fsp3) is 0.182. The van der Waals surface area contributed by atoms with Gasteiger partial charge in [0.1, 0.15) is 11.6 Å². The van der Waals surface area contributed by atoms with Crippen molar-refractivity contribution in [2.45, 2.75) is 6.92 Å². The van der Waals surface area contributed by atoms with Crippen LogP contribution >= 0.6 is 0 Å². The Morgan fingerprint density at radius 1 is 1.19 bits per heavy atom. The minimum absolute atomic E-state index is 0.442. The first kappa shape index (κ1) is 10.4. The molecule has 82 valence electrons. The first-order valence-corrected chi connectivity index (χ1v) is 4.88. The predicted molar refractivity (Wildman–Crippen MR) is 60.6 cm³/mol. The molecule has 0 aliphatic heterocycles. The molecule has 0 saturated heterocycles. The summed E-state index contributed by atoms with van der Waals surface area (Å²) in [5.41, 5.74) is 0.947. The number of hydrogen-bond acceptors (Lipinski definition) is 5. The van der Waals surface area contributed by atoms with Crippen molar-refractivity contribution in [3.63, 3.8) is 0 Å². The Labute approximate surface area is 93.5 Å². The van der Waals surface area contributed by atoms with Crippen molar-refractivity contribution in [2.24, 2.45) is 0 Å². The molecule has 0 aliphatic rings. The molecule has 0 fully saturated rings. The van der Waals surface area contributed by atoms with Crippen molar-refractivity contribution in [3.8, 4) is 11.6 Å². The highest BCUT2D eigenvalue weighted by Crippen LogP contribution is 2.18. The number of rotatable bonds is 3. The van der Waals surface area contributed by atoms with Gasteiger partial charge >= 0.3 is 0 Å². The summed E-state index contributed by atoms with van der Waals surface area (Å²) < 4.78 is 5.50. The summed E-state index contributed by atoms with van der Waals surface area (Å²) in [6.07, 6.45) is 4.84. The van der Waals surface area contributed by atoms with Gasteiger partial charge in [-0.2, -0.15) is 4.98 Å². The molecule has 0 aromatic carbocycles. The van der Waals surface area contributed by atoms with E-state index in [1.807, 2.05) is 19.1 Å². The summed E-state index contributed by atoms with van der Waals surface area (Å²) in [6.45, 7) is 1.92. The van der Waals surface area contributed by atoms with E-state index in [-0.39, 0.29) is 0 Å². The summed E-state index contributed by atoms with van der Waals surface area (Å²) in [5, 5.41) is 2.89. The smallest absolute Gasteiger partial charge is 0.239 e. The first-order chi connectivity index (χ1) is 7.78. The molecule has 5 nitrogen and oxygen atoms in total. The Bertz CT molecular complexity index is 470. The van der Waals surface area contributed by atoms with Crippen molar-refractivity contribution < 1.29 is 4.74 Å². The lowest BCUT2D eigenvalue weighted by Gasteiger charge is -2.05. The molecule has 0 bridgehead atoms. The maximum atomic E-state index is 5.50. The Hall–Kier alpha value is -2.17. The van der Waals surface area contributed by atoms with Gasteiger partial charge in [0.15, 0.2) is 0 Å². The van der Waals surface area contributed by atoms with Gasteiger partial charge in [-0.15, -0.1) is 0 Å². The van der Waals surface area contributed by atoms with Gasteiger partial charge in [0.05, 0.1) is 18.6 Å². The maximum Gasteiger partial charge on any atom is 0.239 e. The van der Waals surface area contributed by atoms with Crippen LogP contribution in [0, 0.1) is 6.92 Å². The van der Waals surface area contributed by atoms with Gasteiger partial charge < -0.3 is 10.1 Å². The van der Waals surface area contributed by atoms with Crippen LogP contribution in [-0.4, -0.2) is 22.0 Å². The largest absolute Gasteiger partial charge is 0.436 e. The van der Waals surface area contributed by atoms with E-state index in [1.165, 1.54) is 0 Å². The number of anilines is 1. The third kappa shape index (κ3) is 2.44. The summed E-state index contributed by atoms with van der Waals surface area (Å²) in [6, 6.07) is 3.72. The average molecular weight is 216 g/mol. The molecule has 5 heteroatoms. The van der Waals surface area contributed by atoms with Crippen molar-refractivity contribution in [3.05, 3.63) is 36.4 Å².